The SMILES string of the molecule is CCC1(C(=O)Nc2sccc2C(N)=O)CCNC1. The second-order valence-electron chi connectivity index (χ2n) is 4.54. The molecule has 0 spiro atoms. The molecule has 0 aliphatic carbocycles. The van der Waals surface area contributed by atoms with Crippen molar-refractivity contribution in [2.24, 2.45) is 11.1 Å². The molecule has 1 saturated heterocycles. The number of nitrogens with two attached hydrogens (primary N) is 1. The number of carbonyl (C=O) groups is 2. The van der Waals surface area contributed by atoms with Gasteiger partial charge < -0.3 is 16.4 Å². The molecule has 0 saturated carbocycles. The van der Waals surface area contributed by atoms with Gasteiger partial charge in [-0.15, -0.1) is 11.3 Å². The van der Waals surface area contributed by atoms with E-state index in [0.717, 1.165) is 19.4 Å². The van der Waals surface area contributed by atoms with Crippen LogP contribution in [-0.2, 0) is 4.79 Å². The molecule has 1 aliphatic heterocycles. The molecule has 0 aromatic carbocycles. The van der Waals surface area contributed by atoms with Gasteiger partial charge in [0.25, 0.3) is 5.91 Å². The van der Waals surface area contributed by atoms with E-state index in [1.165, 1.54) is 11.3 Å². The van der Waals surface area contributed by atoms with Crippen molar-refractivity contribution in [2.45, 2.75) is 19.8 Å². The van der Waals surface area contributed by atoms with Crippen LogP contribution in [-0.4, -0.2) is 24.9 Å². The topological polar surface area (TPSA) is 84.2 Å². The van der Waals surface area contributed by atoms with Crippen LogP contribution in [0.2, 0.25) is 0 Å². The van der Waals surface area contributed by atoms with E-state index in [-0.39, 0.29) is 11.3 Å². The molecule has 5 nitrogen and oxygen atoms in total. The highest BCUT2D eigenvalue weighted by Crippen LogP contribution is 2.32. The van der Waals surface area contributed by atoms with E-state index in [2.05, 4.69) is 10.6 Å². The van der Waals surface area contributed by atoms with Crippen molar-refractivity contribution in [2.75, 3.05) is 18.4 Å². The zero-order valence-electron chi connectivity index (χ0n) is 10.3. The third-order valence-corrected chi connectivity index (χ3v) is 4.39. The Kier molecular flexibility index (Phi) is 3.68. The van der Waals surface area contributed by atoms with Gasteiger partial charge in [0.15, 0.2) is 0 Å². The van der Waals surface area contributed by atoms with Crippen LogP contribution in [0.1, 0.15) is 30.1 Å². The van der Waals surface area contributed by atoms with Gasteiger partial charge >= 0.3 is 0 Å². The fourth-order valence-corrected chi connectivity index (χ4v) is 3.02. The zero-order valence-corrected chi connectivity index (χ0v) is 11.1. The van der Waals surface area contributed by atoms with E-state index in [4.69, 9.17) is 5.73 Å². The maximum absolute atomic E-state index is 12.3. The molecule has 6 heteroatoms. The van der Waals surface area contributed by atoms with Gasteiger partial charge in [0.05, 0.1) is 11.0 Å². The molecule has 1 aromatic heterocycles. The quantitative estimate of drug-likeness (QED) is 0.765. The van der Waals surface area contributed by atoms with Crippen LogP contribution >= 0.6 is 11.3 Å². The van der Waals surface area contributed by atoms with Gasteiger partial charge in [-0.2, -0.15) is 0 Å². The van der Waals surface area contributed by atoms with E-state index in [9.17, 15) is 9.59 Å². The Morgan fingerprint density at radius 3 is 2.94 bits per heavy atom. The van der Waals surface area contributed by atoms with Crippen molar-refractivity contribution in [1.82, 2.24) is 5.32 Å². The van der Waals surface area contributed by atoms with E-state index < -0.39 is 5.91 Å². The van der Waals surface area contributed by atoms with Gasteiger partial charge in [-0.25, -0.2) is 0 Å². The summed E-state index contributed by atoms with van der Waals surface area (Å²) >= 11 is 1.32. The van der Waals surface area contributed by atoms with Crippen molar-refractivity contribution in [1.29, 1.82) is 0 Å². The summed E-state index contributed by atoms with van der Waals surface area (Å²) in [5, 5.41) is 8.36. The second kappa shape index (κ2) is 5.07. The molecule has 1 fully saturated rings. The Morgan fingerprint density at radius 1 is 1.61 bits per heavy atom. The summed E-state index contributed by atoms with van der Waals surface area (Å²) in [6.07, 6.45) is 1.61. The Morgan fingerprint density at radius 2 is 2.39 bits per heavy atom. The maximum Gasteiger partial charge on any atom is 0.251 e. The van der Waals surface area contributed by atoms with Gasteiger partial charge in [0.1, 0.15) is 5.00 Å². The number of nitrogens with one attached hydrogen (secondary N) is 2. The van der Waals surface area contributed by atoms with Gasteiger partial charge in [-0.05, 0) is 30.8 Å². The van der Waals surface area contributed by atoms with Crippen molar-refractivity contribution in [3.05, 3.63) is 17.0 Å². The molecule has 0 radical (unpaired) electrons. The summed E-state index contributed by atoms with van der Waals surface area (Å²) in [4.78, 5) is 23.5. The van der Waals surface area contributed by atoms with Gasteiger partial charge in [0, 0.05) is 6.54 Å². The van der Waals surface area contributed by atoms with E-state index >= 15 is 0 Å². The monoisotopic (exact) mass is 267 g/mol. The predicted molar refractivity (Wildman–Crippen MR) is 71.7 cm³/mol. The summed E-state index contributed by atoms with van der Waals surface area (Å²) < 4.78 is 0. The third kappa shape index (κ3) is 2.26. The van der Waals surface area contributed by atoms with Crippen LogP contribution in [0, 0.1) is 5.41 Å². The number of amides is 2. The highest BCUT2D eigenvalue weighted by atomic mass is 32.1. The van der Waals surface area contributed by atoms with Crippen molar-refractivity contribution in [3.8, 4) is 0 Å². The highest BCUT2D eigenvalue weighted by Gasteiger charge is 2.39. The lowest BCUT2D eigenvalue weighted by Crippen LogP contribution is -2.37. The molecule has 2 rings (SSSR count). The van der Waals surface area contributed by atoms with Gasteiger partial charge in [0.2, 0.25) is 5.91 Å². The molecular weight excluding hydrogens is 250 g/mol. The molecule has 4 N–H and O–H groups in total. The van der Waals surface area contributed by atoms with Gasteiger partial charge in [-0.3, -0.25) is 9.59 Å². The standard InChI is InChI=1S/C12H17N3O2S/c1-2-12(4-5-14-7-12)11(17)15-10-8(9(13)16)3-6-18-10/h3,6,14H,2,4-5,7H2,1H3,(H2,13,16)(H,15,17). The lowest BCUT2D eigenvalue weighted by molar-refractivity contribution is -0.124. The van der Waals surface area contributed by atoms with Crippen LogP contribution in [0.15, 0.2) is 11.4 Å². The molecule has 18 heavy (non-hydrogen) atoms. The fourth-order valence-electron chi connectivity index (χ4n) is 2.24. The molecule has 1 aromatic rings. The molecule has 2 heterocycles. The number of thiophene rings is 1. The molecule has 1 unspecified atom stereocenters. The third-order valence-electron chi connectivity index (χ3n) is 3.56. The number of hydrogen-bond donors (Lipinski definition) is 3. The number of anilines is 1. The Balaban J connectivity index is 2.16. The van der Waals surface area contributed by atoms with Crippen molar-refractivity contribution in [3.63, 3.8) is 0 Å². The van der Waals surface area contributed by atoms with Crippen LogP contribution in [0.3, 0.4) is 0 Å². The van der Waals surface area contributed by atoms with Crippen LogP contribution in [0.25, 0.3) is 0 Å². The summed E-state index contributed by atoms with van der Waals surface area (Å²) in [6, 6.07) is 1.63. The van der Waals surface area contributed by atoms with E-state index in [1.807, 2.05) is 6.92 Å². The lowest BCUT2D eigenvalue weighted by Gasteiger charge is -2.24. The van der Waals surface area contributed by atoms with Crippen LogP contribution in [0.5, 0.6) is 0 Å². The molecule has 1 atom stereocenters. The molecule has 98 valence electrons. The number of rotatable bonds is 4. The smallest absolute Gasteiger partial charge is 0.251 e. The molecule has 2 amide bonds. The summed E-state index contributed by atoms with van der Waals surface area (Å²) in [6.45, 7) is 3.55. The first kappa shape index (κ1) is 13.0. The van der Waals surface area contributed by atoms with Crippen molar-refractivity contribution >= 4 is 28.2 Å². The first-order chi connectivity index (χ1) is 8.59. The molecule has 1 aliphatic rings. The fraction of sp³-hybridized carbons (Fsp3) is 0.500. The average Bonchev–Trinajstić information content (AvgIpc) is 2.97. The van der Waals surface area contributed by atoms with Crippen LogP contribution in [0.4, 0.5) is 5.00 Å². The zero-order chi connectivity index (χ0) is 13.2. The molecule has 0 bridgehead atoms. The first-order valence-electron chi connectivity index (χ1n) is 5.98. The van der Waals surface area contributed by atoms with Gasteiger partial charge in [-0.1, -0.05) is 6.92 Å². The minimum Gasteiger partial charge on any atom is -0.366 e. The number of carbonyl (C=O) groups excluding carboxylic acids is 2. The van der Waals surface area contributed by atoms with Crippen LogP contribution < -0.4 is 16.4 Å². The average molecular weight is 267 g/mol. The minimum atomic E-state index is -0.512. The van der Waals surface area contributed by atoms with Crippen molar-refractivity contribution < 1.29 is 9.59 Å². The second-order valence-corrected chi connectivity index (χ2v) is 5.46. The summed E-state index contributed by atoms with van der Waals surface area (Å²) in [7, 11) is 0. The van der Waals surface area contributed by atoms with E-state index in [1.54, 1.807) is 11.4 Å². The maximum atomic E-state index is 12.3. The largest absolute Gasteiger partial charge is 0.366 e. The lowest BCUT2D eigenvalue weighted by atomic mass is 9.83. The summed E-state index contributed by atoms with van der Waals surface area (Å²) in [5.41, 5.74) is 5.28. The number of hydrogen-bond acceptors (Lipinski definition) is 4. The van der Waals surface area contributed by atoms with E-state index in [0.29, 0.717) is 17.1 Å². The normalized spacial score (nSPS) is 22.9. The highest BCUT2D eigenvalue weighted by molar-refractivity contribution is 7.14. The Labute approximate surface area is 110 Å². The first-order valence-corrected chi connectivity index (χ1v) is 6.86. The Bertz CT molecular complexity index is 464. The number of primary amides is 1. The molecular formula is C12H17N3O2S. The Hall–Kier alpha value is -1.40. The summed E-state index contributed by atoms with van der Waals surface area (Å²) in [5.74, 6) is -0.540. The predicted octanol–water partition coefficient (Wildman–Crippen LogP) is 1.18. The minimum absolute atomic E-state index is 0.0278.